The van der Waals surface area contributed by atoms with Crippen molar-refractivity contribution in [1.29, 1.82) is 0 Å². The predicted octanol–water partition coefficient (Wildman–Crippen LogP) is 3.58. The van der Waals surface area contributed by atoms with E-state index in [-0.39, 0.29) is 0 Å². The highest BCUT2D eigenvalue weighted by Gasteiger charge is 1.80. The van der Waals surface area contributed by atoms with E-state index in [1.807, 2.05) is 26.8 Å². The summed E-state index contributed by atoms with van der Waals surface area (Å²) < 4.78 is 0. The standard InChI is InChI=1S/C8H13N.C2H6/c1-4-8(5-2)6-7-9-3;1-2/h4,6-7H,3,5H2,1-2H3;1-2H3/b7-6-,8-4-;. The van der Waals surface area contributed by atoms with E-state index in [1.54, 1.807) is 6.20 Å². The molecule has 1 heteroatoms. The van der Waals surface area contributed by atoms with Gasteiger partial charge in [0.25, 0.3) is 0 Å². The molecule has 0 saturated carbocycles. The van der Waals surface area contributed by atoms with Crippen molar-refractivity contribution < 1.29 is 0 Å². The fraction of sp³-hybridized carbons (Fsp3) is 0.500. The molecule has 0 radical (unpaired) electrons. The Morgan fingerprint density at radius 1 is 1.45 bits per heavy atom. The molecule has 0 rings (SSSR count). The molecule has 0 aliphatic rings. The Morgan fingerprint density at radius 2 is 2.00 bits per heavy atom. The summed E-state index contributed by atoms with van der Waals surface area (Å²) in [4.78, 5) is 3.60. The lowest BCUT2D eigenvalue weighted by molar-refractivity contribution is 1.14. The van der Waals surface area contributed by atoms with Crippen molar-refractivity contribution >= 4 is 6.72 Å². The first-order valence-electron chi connectivity index (χ1n) is 4.12. The Kier molecular flexibility index (Phi) is 13.8. The molecule has 0 unspecified atom stereocenters. The second-order valence-corrected chi connectivity index (χ2v) is 1.72. The molecule has 0 aliphatic heterocycles. The smallest absolute Gasteiger partial charge is 0.0263 e. The average Bonchev–Trinajstić information content (AvgIpc) is 2.10. The summed E-state index contributed by atoms with van der Waals surface area (Å²) in [7, 11) is 0. The van der Waals surface area contributed by atoms with Gasteiger partial charge in [0.1, 0.15) is 0 Å². The van der Waals surface area contributed by atoms with Gasteiger partial charge in [-0.3, -0.25) is 4.99 Å². The minimum atomic E-state index is 1.06. The van der Waals surface area contributed by atoms with Crippen molar-refractivity contribution in [3.05, 3.63) is 23.9 Å². The molecule has 0 aliphatic carbocycles. The Labute approximate surface area is 70.5 Å². The molecule has 0 bridgehead atoms. The second-order valence-electron chi connectivity index (χ2n) is 1.72. The van der Waals surface area contributed by atoms with Gasteiger partial charge in [0.05, 0.1) is 0 Å². The predicted molar refractivity (Wildman–Crippen MR) is 54.1 cm³/mol. The summed E-state index contributed by atoms with van der Waals surface area (Å²) in [5.74, 6) is 0. The Hall–Kier alpha value is -0.850. The normalized spacial score (nSPS) is 10.7. The fourth-order valence-corrected chi connectivity index (χ4v) is 0.567. The first-order valence-corrected chi connectivity index (χ1v) is 4.12. The summed E-state index contributed by atoms with van der Waals surface area (Å²) in [5, 5.41) is 0. The molecule has 1 nitrogen and oxygen atoms in total. The van der Waals surface area contributed by atoms with Gasteiger partial charge in [0.15, 0.2) is 0 Å². The lowest BCUT2D eigenvalue weighted by atomic mass is 10.2. The van der Waals surface area contributed by atoms with Crippen LogP contribution in [-0.4, -0.2) is 6.72 Å². The number of hydrogen-bond acceptors (Lipinski definition) is 1. The summed E-state index contributed by atoms with van der Waals surface area (Å²) in [5.41, 5.74) is 1.29. The molecule has 0 atom stereocenters. The molecule has 0 N–H and O–H groups in total. The van der Waals surface area contributed by atoms with Crippen molar-refractivity contribution in [2.24, 2.45) is 4.99 Å². The maximum atomic E-state index is 3.60. The molecule has 0 aromatic carbocycles. The largest absolute Gasteiger partial charge is 0.273 e. The van der Waals surface area contributed by atoms with Crippen LogP contribution in [0.3, 0.4) is 0 Å². The molecule has 0 heterocycles. The third-order valence-electron chi connectivity index (χ3n) is 1.17. The van der Waals surface area contributed by atoms with Gasteiger partial charge < -0.3 is 0 Å². The summed E-state index contributed by atoms with van der Waals surface area (Å²) in [6.45, 7) is 11.5. The van der Waals surface area contributed by atoms with Crippen LogP contribution in [0.15, 0.2) is 28.9 Å². The second kappa shape index (κ2) is 11.9. The maximum Gasteiger partial charge on any atom is 0.0263 e. The molecule has 0 fully saturated rings. The van der Waals surface area contributed by atoms with E-state index in [9.17, 15) is 0 Å². The quantitative estimate of drug-likeness (QED) is 0.434. The SMILES string of the molecule is C=N/C=C\C(=C/C)CC.CC. The number of aliphatic imine (C=N–C) groups is 1. The van der Waals surface area contributed by atoms with Crippen LogP contribution in [0.25, 0.3) is 0 Å². The zero-order valence-corrected chi connectivity index (χ0v) is 8.09. The zero-order valence-electron chi connectivity index (χ0n) is 8.09. The molecule has 0 amide bonds. The van der Waals surface area contributed by atoms with Gasteiger partial charge in [0.2, 0.25) is 0 Å². The van der Waals surface area contributed by atoms with Crippen LogP contribution in [0, 0.1) is 0 Å². The van der Waals surface area contributed by atoms with Crippen molar-refractivity contribution in [1.82, 2.24) is 0 Å². The average molecular weight is 153 g/mol. The lowest BCUT2D eigenvalue weighted by Gasteiger charge is -1.90. The molecule has 0 aromatic rings. The highest BCUT2D eigenvalue weighted by molar-refractivity contribution is 5.27. The highest BCUT2D eigenvalue weighted by atomic mass is 14.6. The Bertz CT molecular complexity index is 132. The van der Waals surface area contributed by atoms with E-state index in [1.165, 1.54) is 5.57 Å². The van der Waals surface area contributed by atoms with Crippen molar-refractivity contribution in [3.8, 4) is 0 Å². The van der Waals surface area contributed by atoms with Crippen LogP contribution in [-0.2, 0) is 0 Å². The van der Waals surface area contributed by atoms with Gasteiger partial charge in [-0.1, -0.05) is 32.4 Å². The number of hydrogen-bond donors (Lipinski definition) is 0. The van der Waals surface area contributed by atoms with Crippen LogP contribution in [0.4, 0.5) is 0 Å². The molecule has 64 valence electrons. The first-order chi connectivity index (χ1) is 5.35. The van der Waals surface area contributed by atoms with Crippen molar-refractivity contribution in [2.75, 3.05) is 0 Å². The Morgan fingerprint density at radius 3 is 2.27 bits per heavy atom. The lowest BCUT2D eigenvalue weighted by Crippen LogP contribution is -1.70. The van der Waals surface area contributed by atoms with Gasteiger partial charge in [-0.15, -0.1) is 0 Å². The summed E-state index contributed by atoms with van der Waals surface area (Å²) >= 11 is 0. The van der Waals surface area contributed by atoms with Crippen LogP contribution in [0.1, 0.15) is 34.1 Å². The van der Waals surface area contributed by atoms with E-state index in [0.717, 1.165) is 6.42 Å². The minimum Gasteiger partial charge on any atom is -0.273 e. The molecule has 0 spiro atoms. The van der Waals surface area contributed by atoms with Crippen LogP contribution in [0.5, 0.6) is 0 Å². The Balaban J connectivity index is 0. The summed E-state index contributed by atoms with van der Waals surface area (Å²) in [6.07, 6.45) is 6.80. The van der Waals surface area contributed by atoms with Crippen molar-refractivity contribution in [3.63, 3.8) is 0 Å². The van der Waals surface area contributed by atoms with Crippen molar-refractivity contribution in [2.45, 2.75) is 34.1 Å². The fourth-order valence-electron chi connectivity index (χ4n) is 0.567. The highest BCUT2D eigenvalue weighted by Crippen LogP contribution is 2.00. The van der Waals surface area contributed by atoms with E-state index in [0.29, 0.717) is 0 Å². The third kappa shape index (κ3) is 9.15. The van der Waals surface area contributed by atoms with E-state index in [4.69, 9.17) is 0 Å². The monoisotopic (exact) mass is 153 g/mol. The number of allylic oxidation sites excluding steroid dienone is 3. The molecule has 11 heavy (non-hydrogen) atoms. The van der Waals surface area contributed by atoms with Crippen LogP contribution in [0.2, 0.25) is 0 Å². The molecular formula is C10H19N. The maximum absolute atomic E-state index is 3.60. The topological polar surface area (TPSA) is 12.4 Å². The van der Waals surface area contributed by atoms with Crippen LogP contribution < -0.4 is 0 Å². The first kappa shape index (κ1) is 12.8. The van der Waals surface area contributed by atoms with E-state index < -0.39 is 0 Å². The van der Waals surface area contributed by atoms with Gasteiger partial charge in [-0.25, -0.2) is 0 Å². The molecule has 0 aromatic heterocycles. The minimum absolute atomic E-state index is 1.06. The van der Waals surface area contributed by atoms with Gasteiger partial charge in [0, 0.05) is 6.20 Å². The van der Waals surface area contributed by atoms with Gasteiger partial charge in [-0.2, -0.15) is 0 Å². The van der Waals surface area contributed by atoms with Gasteiger partial charge >= 0.3 is 0 Å². The molecular weight excluding hydrogens is 134 g/mol. The van der Waals surface area contributed by atoms with Gasteiger partial charge in [-0.05, 0) is 26.1 Å². The molecule has 0 saturated heterocycles. The third-order valence-corrected chi connectivity index (χ3v) is 1.17. The zero-order chi connectivity index (χ0) is 9.11. The van der Waals surface area contributed by atoms with E-state index >= 15 is 0 Å². The number of rotatable bonds is 3. The van der Waals surface area contributed by atoms with Crippen LogP contribution >= 0.6 is 0 Å². The number of nitrogens with zero attached hydrogens (tertiary/aromatic N) is 1. The summed E-state index contributed by atoms with van der Waals surface area (Å²) in [6, 6.07) is 0. The van der Waals surface area contributed by atoms with E-state index in [2.05, 4.69) is 24.7 Å².